The quantitative estimate of drug-likeness (QED) is 0.841. The molecule has 0 radical (unpaired) electrons. The normalized spacial score (nSPS) is 32.3. The van der Waals surface area contributed by atoms with Gasteiger partial charge in [-0.25, -0.2) is 4.39 Å². The summed E-state index contributed by atoms with van der Waals surface area (Å²) in [4.78, 5) is 15.0. The molecule has 1 aliphatic carbocycles. The van der Waals surface area contributed by atoms with E-state index in [2.05, 4.69) is 6.92 Å². The molecule has 124 valence electrons. The van der Waals surface area contributed by atoms with Crippen LogP contribution in [0.4, 0.5) is 4.39 Å². The van der Waals surface area contributed by atoms with Crippen LogP contribution in [0.15, 0.2) is 18.2 Å². The Balaban J connectivity index is 1.60. The molecule has 2 heterocycles. The number of fused-ring (bicyclic) bond motifs is 2. The van der Waals surface area contributed by atoms with Crippen LogP contribution in [-0.4, -0.2) is 43.2 Å². The zero-order valence-corrected chi connectivity index (χ0v) is 13.4. The van der Waals surface area contributed by atoms with Crippen LogP contribution < -0.4 is 4.74 Å². The first-order valence-electron chi connectivity index (χ1n) is 8.47. The van der Waals surface area contributed by atoms with Crippen molar-refractivity contribution in [3.05, 3.63) is 29.6 Å². The lowest BCUT2D eigenvalue weighted by atomic mass is 9.87. The third kappa shape index (κ3) is 2.33. The van der Waals surface area contributed by atoms with E-state index < -0.39 is 0 Å². The Kier molecular flexibility index (Phi) is 3.56. The Bertz CT molecular complexity index is 635. The first-order chi connectivity index (χ1) is 11.2. The van der Waals surface area contributed by atoms with Gasteiger partial charge in [-0.1, -0.05) is 6.92 Å². The van der Waals surface area contributed by atoms with E-state index >= 15 is 0 Å². The Morgan fingerprint density at radius 3 is 3.13 bits per heavy atom. The van der Waals surface area contributed by atoms with Crippen molar-refractivity contribution < 1.29 is 18.7 Å². The van der Waals surface area contributed by atoms with Gasteiger partial charge in [0.2, 0.25) is 5.91 Å². The van der Waals surface area contributed by atoms with Gasteiger partial charge >= 0.3 is 0 Å². The summed E-state index contributed by atoms with van der Waals surface area (Å²) in [6.07, 6.45) is 2.50. The van der Waals surface area contributed by atoms with Gasteiger partial charge in [-0.3, -0.25) is 4.79 Å². The van der Waals surface area contributed by atoms with E-state index in [-0.39, 0.29) is 29.1 Å². The zero-order chi connectivity index (χ0) is 16.0. The molecule has 2 fully saturated rings. The average Bonchev–Trinajstić information content (AvgIpc) is 3.30. The van der Waals surface area contributed by atoms with Gasteiger partial charge < -0.3 is 14.4 Å². The summed E-state index contributed by atoms with van der Waals surface area (Å²) < 4.78 is 24.9. The number of hydrogen-bond acceptors (Lipinski definition) is 3. The Morgan fingerprint density at radius 1 is 1.43 bits per heavy atom. The second-order valence-electron chi connectivity index (χ2n) is 6.82. The summed E-state index contributed by atoms with van der Waals surface area (Å²) in [5, 5.41) is 0. The summed E-state index contributed by atoms with van der Waals surface area (Å²) in [5.41, 5.74) is 0.659. The summed E-state index contributed by atoms with van der Waals surface area (Å²) in [5.74, 6) is 0.642. The smallest absolute Gasteiger partial charge is 0.227 e. The predicted molar refractivity (Wildman–Crippen MR) is 82.9 cm³/mol. The van der Waals surface area contributed by atoms with Crippen LogP contribution in [0.3, 0.4) is 0 Å². The van der Waals surface area contributed by atoms with Crippen molar-refractivity contribution in [3.8, 4) is 5.75 Å². The molecule has 4 rings (SSSR count). The third-order valence-corrected chi connectivity index (χ3v) is 5.64. The molecule has 1 unspecified atom stereocenters. The van der Waals surface area contributed by atoms with E-state index in [1.807, 2.05) is 4.90 Å². The molecule has 1 amide bonds. The van der Waals surface area contributed by atoms with Crippen molar-refractivity contribution in [3.63, 3.8) is 0 Å². The number of hydrogen-bond donors (Lipinski definition) is 0. The van der Waals surface area contributed by atoms with Crippen molar-refractivity contribution in [2.45, 2.75) is 37.6 Å². The van der Waals surface area contributed by atoms with Crippen LogP contribution in [-0.2, 0) is 14.9 Å². The topological polar surface area (TPSA) is 38.8 Å². The van der Waals surface area contributed by atoms with E-state index in [1.54, 1.807) is 12.1 Å². The van der Waals surface area contributed by atoms with Gasteiger partial charge in [0.15, 0.2) is 0 Å². The summed E-state index contributed by atoms with van der Waals surface area (Å²) in [7, 11) is 0. The van der Waals surface area contributed by atoms with Crippen LogP contribution >= 0.6 is 0 Å². The summed E-state index contributed by atoms with van der Waals surface area (Å²) in [6, 6.07) is 4.83. The van der Waals surface area contributed by atoms with Gasteiger partial charge in [0, 0.05) is 23.4 Å². The molecule has 1 saturated heterocycles. The van der Waals surface area contributed by atoms with Gasteiger partial charge in [0.25, 0.3) is 0 Å². The van der Waals surface area contributed by atoms with Crippen molar-refractivity contribution >= 4 is 5.91 Å². The van der Waals surface area contributed by atoms with Gasteiger partial charge in [-0.05, 0) is 37.5 Å². The summed E-state index contributed by atoms with van der Waals surface area (Å²) >= 11 is 0. The second-order valence-corrected chi connectivity index (χ2v) is 6.82. The molecular weight excluding hydrogens is 297 g/mol. The minimum absolute atomic E-state index is 0.0425. The Labute approximate surface area is 135 Å². The number of nitrogens with zero attached hydrogens (tertiary/aromatic N) is 1. The number of carbonyl (C=O) groups excluding carboxylic acids is 1. The molecule has 0 bridgehead atoms. The minimum Gasteiger partial charge on any atom is -0.493 e. The lowest BCUT2D eigenvalue weighted by molar-refractivity contribution is -0.142. The third-order valence-electron chi connectivity index (χ3n) is 5.64. The van der Waals surface area contributed by atoms with E-state index in [1.165, 1.54) is 6.07 Å². The maximum absolute atomic E-state index is 13.7. The van der Waals surface area contributed by atoms with Crippen LogP contribution in [0, 0.1) is 11.7 Å². The van der Waals surface area contributed by atoms with Crippen LogP contribution in [0.5, 0.6) is 5.75 Å². The van der Waals surface area contributed by atoms with E-state index in [9.17, 15) is 9.18 Å². The van der Waals surface area contributed by atoms with Crippen LogP contribution in [0.2, 0.25) is 0 Å². The number of rotatable bonds is 2. The fourth-order valence-corrected chi connectivity index (χ4v) is 4.18. The number of carbonyl (C=O) groups is 1. The number of halogens is 1. The van der Waals surface area contributed by atoms with Crippen molar-refractivity contribution in [2.24, 2.45) is 5.92 Å². The molecule has 0 aromatic heterocycles. The standard InChI is InChI=1S/C18H22FNO3/c1-2-13-11-22-8-6-20(13)17(21)15-10-18(15)5-7-23-16-4-3-12(19)9-14(16)18/h3-4,9,13,15H,2,5-8,10-11H2,1H3/t13?,15-,18-/m1/s1. The van der Waals surface area contributed by atoms with E-state index in [0.717, 1.165) is 30.6 Å². The minimum atomic E-state index is -0.260. The summed E-state index contributed by atoms with van der Waals surface area (Å²) in [6.45, 7) is 4.58. The second kappa shape index (κ2) is 5.48. The van der Waals surface area contributed by atoms with E-state index in [4.69, 9.17) is 9.47 Å². The van der Waals surface area contributed by atoms with Crippen molar-refractivity contribution in [2.75, 3.05) is 26.4 Å². The lowest BCUT2D eigenvalue weighted by Gasteiger charge is -2.36. The molecular formula is C18H22FNO3. The maximum Gasteiger partial charge on any atom is 0.227 e. The van der Waals surface area contributed by atoms with Crippen molar-refractivity contribution in [1.82, 2.24) is 4.90 Å². The van der Waals surface area contributed by atoms with Gasteiger partial charge in [0.05, 0.1) is 25.9 Å². The fraction of sp³-hybridized carbons (Fsp3) is 0.611. The Morgan fingerprint density at radius 2 is 2.30 bits per heavy atom. The lowest BCUT2D eigenvalue weighted by Crippen LogP contribution is -2.49. The molecule has 23 heavy (non-hydrogen) atoms. The highest BCUT2D eigenvalue weighted by atomic mass is 19.1. The van der Waals surface area contributed by atoms with Gasteiger partial charge in [0.1, 0.15) is 11.6 Å². The van der Waals surface area contributed by atoms with Crippen LogP contribution in [0.1, 0.15) is 31.7 Å². The highest BCUT2D eigenvalue weighted by Crippen LogP contribution is 2.61. The average molecular weight is 319 g/mol. The Hall–Kier alpha value is -1.62. The molecule has 4 nitrogen and oxygen atoms in total. The molecule has 1 saturated carbocycles. The molecule has 1 aromatic carbocycles. The van der Waals surface area contributed by atoms with Crippen molar-refractivity contribution in [1.29, 1.82) is 0 Å². The monoisotopic (exact) mass is 319 g/mol. The number of benzene rings is 1. The number of ether oxygens (including phenoxy) is 2. The molecule has 1 spiro atoms. The highest BCUT2D eigenvalue weighted by Gasteiger charge is 2.62. The maximum atomic E-state index is 13.7. The SMILES string of the molecule is CCC1COCCN1C(=O)[C@H]1C[C@@]12CCOc1ccc(F)cc12. The molecule has 1 aromatic rings. The molecule has 2 aliphatic heterocycles. The molecule has 5 heteroatoms. The number of morpholine rings is 1. The number of amides is 1. The first kappa shape index (κ1) is 14.9. The molecule has 0 N–H and O–H groups in total. The first-order valence-corrected chi connectivity index (χ1v) is 8.47. The largest absolute Gasteiger partial charge is 0.493 e. The molecule has 3 atom stereocenters. The highest BCUT2D eigenvalue weighted by molar-refractivity contribution is 5.85. The van der Waals surface area contributed by atoms with Crippen LogP contribution in [0.25, 0.3) is 0 Å². The predicted octanol–water partition coefficient (Wildman–Crippen LogP) is 2.50. The fourth-order valence-electron chi connectivity index (χ4n) is 4.18. The molecule has 3 aliphatic rings. The van der Waals surface area contributed by atoms with E-state index in [0.29, 0.717) is 26.4 Å². The van der Waals surface area contributed by atoms with Gasteiger partial charge in [-0.15, -0.1) is 0 Å². The van der Waals surface area contributed by atoms with Gasteiger partial charge in [-0.2, -0.15) is 0 Å². The zero-order valence-electron chi connectivity index (χ0n) is 13.4.